The molecule has 4 heteroatoms. The minimum atomic E-state index is 0.740. The van der Waals surface area contributed by atoms with Crippen LogP contribution >= 0.6 is 0 Å². The lowest BCUT2D eigenvalue weighted by molar-refractivity contribution is -0.665. The van der Waals surface area contributed by atoms with E-state index in [4.69, 9.17) is 0 Å². The third-order valence-electron chi connectivity index (χ3n) is 22.0. The number of fused-ring (bicyclic) bond motifs is 4. The van der Waals surface area contributed by atoms with Gasteiger partial charge in [0, 0.05) is 36.8 Å². The summed E-state index contributed by atoms with van der Waals surface area (Å²) in [5.74, 6) is 2.26. The Morgan fingerprint density at radius 1 is 0.287 bits per heavy atom. The minimum absolute atomic E-state index is 0.740. The zero-order chi connectivity index (χ0) is 66.1. The third kappa shape index (κ3) is 13.4. The predicted octanol–water partition coefficient (Wildman–Crippen LogP) is 21.7. The molecule has 3 saturated carbocycles. The van der Waals surface area contributed by atoms with Crippen LogP contribution in [-0.2, 0) is 28.2 Å². The summed E-state index contributed by atoms with van der Waals surface area (Å²) < 4.78 is 9.15. The molecule has 3 aliphatic rings. The Hall–Kier alpha value is -8.60. The largest absolute Gasteiger partial charge is 0.220 e. The second-order valence-electron chi connectivity index (χ2n) is 28.6. The SMILES string of the molecule is Cc1cc(C)c(C)c(-c2c3cc(C4CCCC4)ccc3cc[n+]2C)c1.Cc1cc(C)c(C)c(-c2c3ccc(C4CCCC4)cc3cc[n+]2C)c1.Cc1cc(C)c(C)c(-c2c3cccc(C4CCCC4)c3cc[n+]2C)c1.Cc1ccccc1-c1c2ccccc2cc(C)[n+]1C. The van der Waals surface area contributed by atoms with Gasteiger partial charge in [0.05, 0.1) is 38.2 Å². The molecule has 0 unspecified atom stereocenters. The molecule has 4 nitrogen and oxygen atoms in total. The maximum absolute atomic E-state index is 2.47. The van der Waals surface area contributed by atoms with E-state index in [1.165, 1.54) is 238 Å². The van der Waals surface area contributed by atoms with E-state index >= 15 is 0 Å². The van der Waals surface area contributed by atoms with Gasteiger partial charge in [-0.2, -0.15) is 4.57 Å². The molecular weight excluding hydrogens is 1140 g/mol. The fourth-order valence-electron chi connectivity index (χ4n) is 16.4. The van der Waals surface area contributed by atoms with Crippen LogP contribution in [0, 0.1) is 76.2 Å². The van der Waals surface area contributed by atoms with E-state index in [1.807, 2.05) is 0 Å². The summed E-state index contributed by atoms with van der Waals surface area (Å²) in [6.07, 6.45) is 23.1. The normalized spacial score (nSPS) is 14.3. The summed E-state index contributed by atoms with van der Waals surface area (Å²) in [5.41, 5.74) is 30.2. The zero-order valence-corrected chi connectivity index (χ0v) is 59.3. The highest BCUT2D eigenvalue weighted by molar-refractivity contribution is 5.98. The molecule has 94 heavy (non-hydrogen) atoms. The molecule has 4 heterocycles. The highest BCUT2D eigenvalue weighted by atomic mass is 14.9. The van der Waals surface area contributed by atoms with Crippen molar-refractivity contribution in [2.45, 2.75) is 171 Å². The molecule has 3 aliphatic carbocycles. The summed E-state index contributed by atoms with van der Waals surface area (Å²) in [5, 5.41) is 10.9. The first-order valence-corrected chi connectivity index (χ1v) is 35.3. The molecule has 0 N–H and O–H groups in total. The Morgan fingerprint density at radius 2 is 0.723 bits per heavy atom. The van der Waals surface area contributed by atoms with E-state index in [9.17, 15) is 0 Å². The van der Waals surface area contributed by atoms with Crippen molar-refractivity contribution in [1.82, 2.24) is 0 Å². The first-order chi connectivity index (χ1) is 45.3. The van der Waals surface area contributed by atoms with Gasteiger partial charge >= 0.3 is 0 Å². The number of pyridine rings is 4. The topological polar surface area (TPSA) is 15.5 Å². The molecular formula is C90H102N4+4. The zero-order valence-electron chi connectivity index (χ0n) is 59.3. The van der Waals surface area contributed by atoms with Crippen molar-refractivity contribution in [3.05, 3.63) is 260 Å². The van der Waals surface area contributed by atoms with Gasteiger partial charge in [-0.25, -0.2) is 13.7 Å². The van der Waals surface area contributed by atoms with Crippen molar-refractivity contribution in [3.8, 4) is 45.0 Å². The van der Waals surface area contributed by atoms with Crippen molar-refractivity contribution in [1.29, 1.82) is 0 Å². The van der Waals surface area contributed by atoms with E-state index in [0.717, 1.165) is 17.8 Å². The quantitative estimate of drug-likeness (QED) is 0.141. The maximum atomic E-state index is 2.47. The van der Waals surface area contributed by atoms with Gasteiger partial charge < -0.3 is 0 Å². The number of benzene rings is 8. The van der Waals surface area contributed by atoms with Crippen LogP contribution in [0.2, 0.25) is 0 Å². The first-order valence-electron chi connectivity index (χ1n) is 35.3. The summed E-state index contributed by atoms with van der Waals surface area (Å²) in [7, 11) is 8.66. The van der Waals surface area contributed by atoms with Gasteiger partial charge in [-0.3, -0.25) is 0 Å². The van der Waals surface area contributed by atoms with Crippen LogP contribution in [-0.4, -0.2) is 0 Å². The van der Waals surface area contributed by atoms with Crippen molar-refractivity contribution < 1.29 is 18.3 Å². The molecule has 0 saturated heterocycles. The van der Waals surface area contributed by atoms with Crippen LogP contribution in [0.1, 0.15) is 173 Å². The van der Waals surface area contributed by atoms with E-state index in [1.54, 1.807) is 5.56 Å². The van der Waals surface area contributed by atoms with Gasteiger partial charge in [0.1, 0.15) is 28.2 Å². The van der Waals surface area contributed by atoms with Crippen molar-refractivity contribution in [3.63, 3.8) is 0 Å². The van der Waals surface area contributed by atoms with Gasteiger partial charge in [0.15, 0.2) is 24.3 Å². The molecule has 8 aromatic carbocycles. The van der Waals surface area contributed by atoms with Crippen molar-refractivity contribution in [2.24, 2.45) is 28.2 Å². The number of aryl methyl sites for hydroxylation is 11. The highest BCUT2D eigenvalue weighted by Gasteiger charge is 2.27. The fraction of sp³-hybridized carbons (Fsp3) is 0.333. The maximum Gasteiger partial charge on any atom is 0.220 e. The number of hydrogen-bond donors (Lipinski definition) is 0. The van der Waals surface area contributed by atoms with Crippen LogP contribution < -0.4 is 18.3 Å². The average molecular weight is 1240 g/mol. The van der Waals surface area contributed by atoms with E-state index < -0.39 is 0 Å². The molecule has 15 rings (SSSR count). The van der Waals surface area contributed by atoms with Crippen LogP contribution in [0.25, 0.3) is 88.1 Å². The van der Waals surface area contributed by atoms with Crippen molar-refractivity contribution in [2.75, 3.05) is 0 Å². The first kappa shape index (κ1) is 65.5. The van der Waals surface area contributed by atoms with Crippen LogP contribution in [0.4, 0.5) is 0 Å². The van der Waals surface area contributed by atoms with E-state index in [-0.39, 0.29) is 0 Å². The Balaban J connectivity index is 0.000000121. The Labute approximate surface area is 562 Å². The van der Waals surface area contributed by atoms with Gasteiger partial charge in [-0.15, -0.1) is 0 Å². The second kappa shape index (κ2) is 28.2. The summed E-state index contributed by atoms with van der Waals surface area (Å²) in [6.45, 7) is 24.3. The molecule has 478 valence electrons. The molecule has 12 aromatic rings. The minimum Gasteiger partial charge on any atom is -0.200 e. The van der Waals surface area contributed by atoms with Crippen LogP contribution in [0.5, 0.6) is 0 Å². The highest BCUT2D eigenvalue weighted by Crippen LogP contribution is 2.42. The summed E-state index contributed by atoms with van der Waals surface area (Å²) >= 11 is 0. The lowest BCUT2D eigenvalue weighted by Crippen LogP contribution is -2.35. The Bertz CT molecular complexity index is 4740. The average Bonchev–Trinajstić information content (AvgIpc) is 2.03. The molecule has 0 amide bonds. The van der Waals surface area contributed by atoms with Gasteiger partial charge in [-0.05, 0) is 251 Å². The molecule has 0 aliphatic heterocycles. The number of rotatable bonds is 7. The summed E-state index contributed by atoms with van der Waals surface area (Å²) in [4.78, 5) is 0. The smallest absolute Gasteiger partial charge is 0.200 e. The monoisotopic (exact) mass is 1240 g/mol. The lowest BCUT2D eigenvalue weighted by atomic mass is 9.89. The van der Waals surface area contributed by atoms with Gasteiger partial charge in [-0.1, -0.05) is 146 Å². The number of nitrogens with zero attached hydrogens (tertiary/aromatic N) is 4. The van der Waals surface area contributed by atoms with E-state index in [0.29, 0.717) is 0 Å². The number of aromatic nitrogens is 4. The summed E-state index contributed by atoms with van der Waals surface area (Å²) in [6, 6.07) is 61.4. The fourth-order valence-corrected chi connectivity index (χ4v) is 16.4. The van der Waals surface area contributed by atoms with Crippen molar-refractivity contribution >= 4 is 43.1 Å². The van der Waals surface area contributed by atoms with Crippen LogP contribution in [0.15, 0.2) is 182 Å². The standard InChI is InChI=1S/3C24H28N.C18H18N/c1-16-14-17(2)18(3)23(15-16)24-22-11-7-10-20(19-8-5-6-9-19)21(22)12-13-25(24)4;1-16-13-17(2)18(3)23(14-16)24-22-10-9-20(19-7-5-6-8-19)15-21(22)11-12-25(24)4;1-16-13-17(2)18(3)22(14-16)24-23-15-21(19-7-5-6-8-19)10-9-20(23)11-12-25(24)4;1-13-8-4-6-10-16(13)18-17-11-7-5-9-15(17)12-14(2)19(18)3/h7,10-15,19H,5-6,8-9H2,1-4H3;2*9-15,19H,5-8H2,1-4H3;4-12H,1-3H3/q4*+1. The van der Waals surface area contributed by atoms with Gasteiger partial charge in [0.25, 0.3) is 0 Å². The molecule has 3 fully saturated rings. The number of hydrogen-bond acceptors (Lipinski definition) is 0. The Morgan fingerprint density at radius 3 is 1.29 bits per heavy atom. The molecule has 0 atom stereocenters. The molecule has 4 aromatic heterocycles. The predicted molar refractivity (Wildman–Crippen MR) is 398 cm³/mol. The van der Waals surface area contributed by atoms with Gasteiger partial charge in [0.2, 0.25) is 22.8 Å². The lowest BCUT2D eigenvalue weighted by Gasteiger charge is -2.15. The van der Waals surface area contributed by atoms with E-state index in [2.05, 4.69) is 305 Å². The molecule has 0 bridgehead atoms. The third-order valence-corrected chi connectivity index (χ3v) is 22.0. The van der Waals surface area contributed by atoms with Crippen LogP contribution in [0.3, 0.4) is 0 Å². The second-order valence-corrected chi connectivity index (χ2v) is 28.6. The molecule has 0 radical (unpaired) electrons. The molecule has 0 spiro atoms. The Kier molecular flexibility index (Phi) is 19.6.